The Bertz CT molecular complexity index is 738. The van der Waals surface area contributed by atoms with Crippen LogP contribution in [0.1, 0.15) is 17.2 Å². The van der Waals surface area contributed by atoms with Crippen molar-refractivity contribution < 1.29 is 4.74 Å². The van der Waals surface area contributed by atoms with E-state index in [1.807, 2.05) is 31.4 Å². The molecular weight excluding hydrogens is 260 g/mol. The first kappa shape index (κ1) is 13.6. The average molecular weight is 278 g/mol. The Morgan fingerprint density at radius 2 is 1.76 bits per heavy atom. The normalized spacial score (nSPS) is 12.3. The van der Waals surface area contributed by atoms with Gasteiger partial charge in [0, 0.05) is 11.6 Å². The summed E-state index contributed by atoms with van der Waals surface area (Å²) in [6.45, 7) is 0. The molecule has 1 heterocycles. The van der Waals surface area contributed by atoms with E-state index in [4.69, 9.17) is 4.74 Å². The van der Waals surface area contributed by atoms with Crippen molar-refractivity contribution in [2.75, 3.05) is 14.2 Å². The summed E-state index contributed by atoms with van der Waals surface area (Å²) >= 11 is 0. The van der Waals surface area contributed by atoms with Gasteiger partial charge in [0.2, 0.25) is 0 Å². The summed E-state index contributed by atoms with van der Waals surface area (Å²) in [6.07, 6.45) is 1.83. The second-order valence-electron chi connectivity index (χ2n) is 4.95. The lowest BCUT2D eigenvalue weighted by Crippen LogP contribution is -2.17. The molecule has 1 aromatic heterocycles. The number of pyridine rings is 1. The third-order valence-corrected chi connectivity index (χ3v) is 3.70. The van der Waals surface area contributed by atoms with Gasteiger partial charge in [-0.2, -0.15) is 0 Å². The van der Waals surface area contributed by atoms with E-state index in [1.165, 1.54) is 11.1 Å². The summed E-state index contributed by atoms with van der Waals surface area (Å²) in [5.41, 5.74) is 3.42. The maximum atomic E-state index is 5.22. The molecule has 0 fully saturated rings. The largest absolute Gasteiger partial charge is 0.497 e. The maximum Gasteiger partial charge on any atom is 0.118 e. The lowest BCUT2D eigenvalue weighted by atomic mass is 9.97. The third-order valence-electron chi connectivity index (χ3n) is 3.70. The van der Waals surface area contributed by atoms with Crippen molar-refractivity contribution in [1.82, 2.24) is 10.3 Å². The molecule has 21 heavy (non-hydrogen) atoms. The molecule has 1 N–H and O–H groups in total. The first-order valence-electron chi connectivity index (χ1n) is 6.97. The Kier molecular flexibility index (Phi) is 3.84. The predicted molar refractivity (Wildman–Crippen MR) is 85.6 cm³/mol. The van der Waals surface area contributed by atoms with Crippen LogP contribution >= 0.6 is 0 Å². The first-order chi connectivity index (χ1) is 10.3. The van der Waals surface area contributed by atoms with E-state index in [9.17, 15) is 0 Å². The number of benzene rings is 2. The lowest BCUT2D eigenvalue weighted by molar-refractivity contribution is 0.414. The Hall–Kier alpha value is -2.39. The van der Waals surface area contributed by atoms with Gasteiger partial charge in [-0.3, -0.25) is 4.98 Å². The van der Waals surface area contributed by atoms with Crippen molar-refractivity contribution in [3.05, 3.63) is 71.9 Å². The average Bonchev–Trinajstić information content (AvgIpc) is 2.56. The Balaban J connectivity index is 2.00. The van der Waals surface area contributed by atoms with Crippen molar-refractivity contribution in [1.29, 1.82) is 0 Å². The van der Waals surface area contributed by atoms with Crippen LogP contribution < -0.4 is 10.1 Å². The topological polar surface area (TPSA) is 34.1 Å². The van der Waals surface area contributed by atoms with E-state index in [2.05, 4.69) is 46.7 Å². The van der Waals surface area contributed by atoms with Crippen LogP contribution in [0.25, 0.3) is 10.9 Å². The summed E-state index contributed by atoms with van der Waals surface area (Å²) in [6, 6.07) is 18.7. The molecule has 0 saturated heterocycles. The molecule has 3 rings (SSSR count). The molecule has 0 bridgehead atoms. The highest BCUT2D eigenvalue weighted by molar-refractivity contribution is 5.79. The predicted octanol–water partition coefficient (Wildman–Crippen LogP) is 3.55. The number of methoxy groups -OCH3 is 1. The number of hydrogen-bond donors (Lipinski definition) is 1. The zero-order valence-electron chi connectivity index (χ0n) is 12.2. The summed E-state index contributed by atoms with van der Waals surface area (Å²) in [5, 5.41) is 4.53. The zero-order valence-corrected chi connectivity index (χ0v) is 12.2. The molecule has 106 valence electrons. The molecule has 1 unspecified atom stereocenters. The molecule has 0 spiro atoms. The SMILES string of the molecule is CNC(c1ccc(OC)cc1)c1ccc2cccnc2c1. The number of nitrogens with zero attached hydrogens (tertiary/aromatic N) is 1. The minimum absolute atomic E-state index is 0.141. The third kappa shape index (κ3) is 2.73. The van der Waals surface area contributed by atoms with E-state index in [-0.39, 0.29) is 6.04 Å². The highest BCUT2D eigenvalue weighted by Gasteiger charge is 2.12. The van der Waals surface area contributed by atoms with Gasteiger partial charge in [-0.1, -0.05) is 30.3 Å². The van der Waals surface area contributed by atoms with Crippen LogP contribution in [0.15, 0.2) is 60.8 Å². The quantitative estimate of drug-likeness (QED) is 0.792. The van der Waals surface area contributed by atoms with E-state index >= 15 is 0 Å². The van der Waals surface area contributed by atoms with Gasteiger partial charge in [-0.25, -0.2) is 0 Å². The van der Waals surface area contributed by atoms with Crippen LogP contribution in [0.3, 0.4) is 0 Å². The summed E-state index contributed by atoms with van der Waals surface area (Å²) < 4.78 is 5.22. The molecule has 0 amide bonds. The zero-order chi connectivity index (χ0) is 14.7. The van der Waals surface area contributed by atoms with E-state index in [0.29, 0.717) is 0 Å². The minimum atomic E-state index is 0.141. The van der Waals surface area contributed by atoms with Gasteiger partial charge in [0.05, 0.1) is 18.7 Å². The Morgan fingerprint density at radius 3 is 2.48 bits per heavy atom. The van der Waals surface area contributed by atoms with Crippen molar-refractivity contribution in [3.63, 3.8) is 0 Å². The van der Waals surface area contributed by atoms with E-state index < -0.39 is 0 Å². The van der Waals surface area contributed by atoms with Gasteiger partial charge >= 0.3 is 0 Å². The number of nitrogens with one attached hydrogen (secondary N) is 1. The van der Waals surface area contributed by atoms with Crippen LogP contribution in [-0.4, -0.2) is 19.1 Å². The molecule has 3 heteroatoms. The van der Waals surface area contributed by atoms with Crippen LogP contribution in [0.4, 0.5) is 0 Å². The smallest absolute Gasteiger partial charge is 0.118 e. The fourth-order valence-electron chi connectivity index (χ4n) is 2.59. The molecular formula is C18H18N2O. The molecule has 3 aromatic rings. The van der Waals surface area contributed by atoms with Gasteiger partial charge in [-0.15, -0.1) is 0 Å². The van der Waals surface area contributed by atoms with Gasteiger partial charge in [0.15, 0.2) is 0 Å². The highest BCUT2D eigenvalue weighted by Crippen LogP contribution is 2.26. The molecule has 2 aromatic carbocycles. The minimum Gasteiger partial charge on any atom is -0.497 e. The molecule has 0 radical (unpaired) electrons. The molecule has 3 nitrogen and oxygen atoms in total. The number of aromatic nitrogens is 1. The van der Waals surface area contributed by atoms with E-state index in [0.717, 1.165) is 16.7 Å². The van der Waals surface area contributed by atoms with Crippen LogP contribution in [0, 0.1) is 0 Å². The second kappa shape index (κ2) is 5.94. The number of hydrogen-bond acceptors (Lipinski definition) is 3. The van der Waals surface area contributed by atoms with Gasteiger partial charge in [0.1, 0.15) is 5.75 Å². The van der Waals surface area contributed by atoms with Crippen LogP contribution in [0.5, 0.6) is 5.75 Å². The summed E-state index contributed by atoms with van der Waals surface area (Å²) in [5.74, 6) is 0.869. The van der Waals surface area contributed by atoms with Crippen LogP contribution in [-0.2, 0) is 0 Å². The summed E-state index contributed by atoms with van der Waals surface area (Å²) in [4.78, 5) is 4.43. The highest BCUT2D eigenvalue weighted by atomic mass is 16.5. The number of fused-ring (bicyclic) bond motifs is 1. The van der Waals surface area contributed by atoms with Crippen molar-refractivity contribution in [2.45, 2.75) is 6.04 Å². The molecule has 0 aliphatic rings. The number of ether oxygens (including phenoxy) is 1. The maximum absolute atomic E-state index is 5.22. The molecule has 0 aliphatic heterocycles. The monoisotopic (exact) mass is 278 g/mol. The second-order valence-corrected chi connectivity index (χ2v) is 4.95. The van der Waals surface area contributed by atoms with Crippen molar-refractivity contribution in [3.8, 4) is 5.75 Å². The van der Waals surface area contributed by atoms with Gasteiger partial charge in [-0.05, 0) is 42.4 Å². The Labute approximate surface area is 124 Å². The van der Waals surface area contributed by atoms with Gasteiger partial charge in [0.25, 0.3) is 0 Å². The molecule has 1 atom stereocenters. The summed E-state index contributed by atoms with van der Waals surface area (Å²) in [7, 11) is 3.65. The van der Waals surface area contributed by atoms with E-state index in [1.54, 1.807) is 7.11 Å². The fourth-order valence-corrected chi connectivity index (χ4v) is 2.59. The lowest BCUT2D eigenvalue weighted by Gasteiger charge is -2.18. The van der Waals surface area contributed by atoms with Gasteiger partial charge < -0.3 is 10.1 Å². The van der Waals surface area contributed by atoms with Crippen molar-refractivity contribution in [2.24, 2.45) is 0 Å². The Morgan fingerprint density at radius 1 is 1.00 bits per heavy atom. The standard InChI is InChI=1S/C18H18N2O/c1-19-18(14-7-9-16(21-2)10-8-14)15-6-5-13-4-3-11-20-17(13)12-15/h3-12,18-19H,1-2H3. The number of rotatable bonds is 4. The first-order valence-corrected chi connectivity index (χ1v) is 6.97. The molecule has 0 saturated carbocycles. The molecule has 0 aliphatic carbocycles. The fraction of sp³-hybridized carbons (Fsp3) is 0.167. The van der Waals surface area contributed by atoms with Crippen LogP contribution in [0.2, 0.25) is 0 Å². The van der Waals surface area contributed by atoms with Crippen molar-refractivity contribution >= 4 is 10.9 Å².